The quantitative estimate of drug-likeness (QED) is 0.832. The maximum atomic E-state index is 11.3. The second-order valence-electron chi connectivity index (χ2n) is 4.05. The summed E-state index contributed by atoms with van der Waals surface area (Å²) in [4.78, 5) is 12.5. The molecular formula is C11H14O2S. The number of thiophene rings is 1. The third kappa shape index (κ3) is 1.69. The molecular weight excluding hydrogens is 196 g/mol. The van der Waals surface area contributed by atoms with E-state index in [4.69, 9.17) is 0 Å². The van der Waals surface area contributed by atoms with E-state index in [1.54, 1.807) is 11.3 Å². The molecule has 1 fully saturated rings. The lowest BCUT2D eigenvalue weighted by Gasteiger charge is -2.22. The zero-order valence-electron chi connectivity index (χ0n) is 8.03. The molecule has 76 valence electrons. The predicted molar refractivity (Wildman–Crippen MR) is 56.6 cm³/mol. The summed E-state index contributed by atoms with van der Waals surface area (Å²) >= 11 is 1.66. The van der Waals surface area contributed by atoms with Gasteiger partial charge in [0.1, 0.15) is 0 Å². The summed E-state index contributed by atoms with van der Waals surface area (Å²) in [6.45, 7) is 0. The molecule has 1 aromatic rings. The fourth-order valence-corrected chi connectivity index (χ4v) is 3.11. The number of carboxylic acids is 1. The molecule has 3 heteroatoms. The van der Waals surface area contributed by atoms with Gasteiger partial charge in [0, 0.05) is 4.88 Å². The van der Waals surface area contributed by atoms with Crippen LogP contribution in [0.2, 0.25) is 0 Å². The summed E-state index contributed by atoms with van der Waals surface area (Å²) in [5.74, 6) is -0.608. The highest BCUT2D eigenvalue weighted by Gasteiger charge is 2.41. The first kappa shape index (κ1) is 9.71. The first-order valence-electron chi connectivity index (χ1n) is 4.99. The van der Waals surface area contributed by atoms with E-state index < -0.39 is 11.4 Å². The summed E-state index contributed by atoms with van der Waals surface area (Å²) in [5, 5.41) is 11.3. The van der Waals surface area contributed by atoms with Crippen molar-refractivity contribution < 1.29 is 9.90 Å². The van der Waals surface area contributed by atoms with Gasteiger partial charge in [-0.1, -0.05) is 18.9 Å². The Labute approximate surface area is 87.6 Å². The van der Waals surface area contributed by atoms with Gasteiger partial charge >= 0.3 is 5.97 Å². The van der Waals surface area contributed by atoms with E-state index in [1.807, 2.05) is 17.5 Å². The predicted octanol–water partition coefficient (Wildman–Crippen LogP) is 2.94. The van der Waals surface area contributed by atoms with Crippen molar-refractivity contribution in [3.63, 3.8) is 0 Å². The molecule has 0 aromatic carbocycles. The third-order valence-corrected chi connectivity index (χ3v) is 3.98. The minimum absolute atomic E-state index is 0.454. The van der Waals surface area contributed by atoms with Crippen LogP contribution in [0.3, 0.4) is 0 Å². The minimum Gasteiger partial charge on any atom is -0.481 e. The van der Waals surface area contributed by atoms with Gasteiger partial charge in [0.25, 0.3) is 0 Å². The van der Waals surface area contributed by atoms with Crippen molar-refractivity contribution in [3.8, 4) is 0 Å². The number of rotatable bonds is 3. The Hall–Kier alpha value is -0.830. The Morgan fingerprint density at radius 3 is 2.71 bits per heavy atom. The molecule has 1 aromatic heterocycles. The molecule has 0 atom stereocenters. The Balaban J connectivity index is 2.16. The highest BCUT2D eigenvalue weighted by atomic mass is 32.1. The van der Waals surface area contributed by atoms with Crippen LogP contribution in [0.25, 0.3) is 0 Å². The Kier molecular flexibility index (Phi) is 2.59. The maximum absolute atomic E-state index is 11.3. The van der Waals surface area contributed by atoms with Gasteiger partial charge in [-0.3, -0.25) is 4.79 Å². The number of hydrogen-bond acceptors (Lipinski definition) is 2. The Bertz CT molecular complexity index is 310. The van der Waals surface area contributed by atoms with Crippen LogP contribution in [-0.4, -0.2) is 11.1 Å². The van der Waals surface area contributed by atoms with Gasteiger partial charge in [0.05, 0.1) is 5.41 Å². The van der Waals surface area contributed by atoms with Crippen molar-refractivity contribution in [1.29, 1.82) is 0 Å². The summed E-state index contributed by atoms with van der Waals surface area (Å²) in [5.41, 5.74) is -0.454. The lowest BCUT2D eigenvalue weighted by atomic mass is 9.82. The standard InChI is InChI=1S/C11H14O2S/c12-10(13)11(5-1-2-6-11)8-9-4-3-7-14-9/h3-4,7H,1-2,5-6,8H2,(H,12,13). The van der Waals surface area contributed by atoms with Crippen LogP contribution in [-0.2, 0) is 11.2 Å². The molecule has 14 heavy (non-hydrogen) atoms. The molecule has 1 aliphatic rings. The second kappa shape index (κ2) is 3.73. The Morgan fingerprint density at radius 1 is 1.50 bits per heavy atom. The summed E-state index contributed by atoms with van der Waals surface area (Å²) in [6, 6.07) is 4.03. The van der Waals surface area contributed by atoms with Crippen molar-refractivity contribution in [3.05, 3.63) is 22.4 Å². The normalized spacial score (nSPS) is 19.7. The summed E-state index contributed by atoms with van der Waals surface area (Å²) < 4.78 is 0. The van der Waals surface area contributed by atoms with Gasteiger partial charge < -0.3 is 5.11 Å². The molecule has 0 aliphatic heterocycles. The average Bonchev–Trinajstić information content (AvgIpc) is 2.76. The van der Waals surface area contributed by atoms with Crippen molar-refractivity contribution >= 4 is 17.3 Å². The summed E-state index contributed by atoms with van der Waals surface area (Å²) in [6.07, 6.45) is 4.55. The van der Waals surface area contributed by atoms with E-state index in [0.29, 0.717) is 0 Å². The van der Waals surface area contributed by atoms with E-state index in [9.17, 15) is 9.90 Å². The lowest BCUT2D eigenvalue weighted by Crippen LogP contribution is -2.29. The smallest absolute Gasteiger partial charge is 0.309 e. The zero-order chi connectivity index (χ0) is 10.0. The first-order chi connectivity index (χ1) is 6.73. The van der Waals surface area contributed by atoms with Crippen molar-refractivity contribution in [1.82, 2.24) is 0 Å². The minimum atomic E-state index is -0.608. The lowest BCUT2D eigenvalue weighted by molar-refractivity contribution is -0.148. The van der Waals surface area contributed by atoms with E-state index >= 15 is 0 Å². The van der Waals surface area contributed by atoms with Gasteiger partial charge in [-0.2, -0.15) is 0 Å². The van der Waals surface area contributed by atoms with Crippen LogP contribution < -0.4 is 0 Å². The molecule has 1 heterocycles. The molecule has 2 nitrogen and oxygen atoms in total. The van der Waals surface area contributed by atoms with Crippen LogP contribution in [0.5, 0.6) is 0 Å². The SMILES string of the molecule is O=C(O)C1(Cc2cccs2)CCCC1. The molecule has 1 saturated carbocycles. The number of carbonyl (C=O) groups is 1. The number of aliphatic carboxylic acids is 1. The van der Waals surface area contributed by atoms with Crippen molar-refractivity contribution in [2.24, 2.45) is 5.41 Å². The summed E-state index contributed by atoms with van der Waals surface area (Å²) in [7, 11) is 0. The molecule has 0 unspecified atom stereocenters. The molecule has 1 aliphatic carbocycles. The second-order valence-corrected chi connectivity index (χ2v) is 5.08. The van der Waals surface area contributed by atoms with E-state index in [1.165, 1.54) is 4.88 Å². The fourth-order valence-electron chi connectivity index (χ4n) is 2.26. The fraction of sp³-hybridized carbons (Fsp3) is 0.545. The van der Waals surface area contributed by atoms with Gasteiger partial charge in [-0.05, 0) is 30.7 Å². The van der Waals surface area contributed by atoms with Crippen LogP contribution in [0.15, 0.2) is 17.5 Å². The van der Waals surface area contributed by atoms with Crippen molar-refractivity contribution in [2.75, 3.05) is 0 Å². The average molecular weight is 210 g/mol. The largest absolute Gasteiger partial charge is 0.481 e. The molecule has 0 saturated heterocycles. The van der Waals surface area contributed by atoms with Crippen LogP contribution in [0, 0.1) is 5.41 Å². The zero-order valence-corrected chi connectivity index (χ0v) is 8.85. The highest BCUT2D eigenvalue weighted by molar-refractivity contribution is 7.09. The van der Waals surface area contributed by atoms with Gasteiger partial charge in [0.2, 0.25) is 0 Å². The van der Waals surface area contributed by atoms with Gasteiger partial charge in [-0.25, -0.2) is 0 Å². The molecule has 0 bridgehead atoms. The monoisotopic (exact) mass is 210 g/mol. The Morgan fingerprint density at radius 2 is 2.21 bits per heavy atom. The molecule has 2 rings (SSSR count). The van der Waals surface area contributed by atoms with Gasteiger partial charge in [0.15, 0.2) is 0 Å². The first-order valence-corrected chi connectivity index (χ1v) is 5.87. The van der Waals surface area contributed by atoms with Crippen molar-refractivity contribution in [2.45, 2.75) is 32.1 Å². The maximum Gasteiger partial charge on any atom is 0.309 e. The number of hydrogen-bond donors (Lipinski definition) is 1. The topological polar surface area (TPSA) is 37.3 Å². The van der Waals surface area contributed by atoms with Crippen LogP contribution in [0.4, 0.5) is 0 Å². The van der Waals surface area contributed by atoms with Crippen LogP contribution in [0.1, 0.15) is 30.6 Å². The van der Waals surface area contributed by atoms with E-state index in [2.05, 4.69) is 0 Å². The van der Waals surface area contributed by atoms with E-state index in [-0.39, 0.29) is 0 Å². The molecule has 0 spiro atoms. The van der Waals surface area contributed by atoms with Crippen LogP contribution >= 0.6 is 11.3 Å². The molecule has 0 amide bonds. The molecule has 1 N–H and O–H groups in total. The third-order valence-electron chi connectivity index (χ3n) is 3.11. The molecule has 0 radical (unpaired) electrons. The van der Waals surface area contributed by atoms with Gasteiger partial charge in [-0.15, -0.1) is 11.3 Å². The number of carboxylic acid groups (broad SMARTS) is 1. The highest BCUT2D eigenvalue weighted by Crippen LogP contribution is 2.41. The van der Waals surface area contributed by atoms with E-state index in [0.717, 1.165) is 32.1 Å².